The summed E-state index contributed by atoms with van der Waals surface area (Å²) >= 11 is 13.2. The van der Waals surface area contributed by atoms with E-state index in [1.165, 1.54) is 17.2 Å². The topological polar surface area (TPSA) is 6.48 Å². The minimum atomic E-state index is -0.187. The van der Waals surface area contributed by atoms with Crippen molar-refractivity contribution < 1.29 is 4.39 Å². The molecule has 1 unspecified atom stereocenters. The van der Waals surface area contributed by atoms with Crippen LogP contribution in [0, 0.1) is 12.7 Å². The molecule has 0 aliphatic carbocycles. The van der Waals surface area contributed by atoms with Crippen LogP contribution in [0.25, 0.3) is 0 Å². The van der Waals surface area contributed by atoms with Crippen molar-refractivity contribution in [3.05, 3.63) is 105 Å². The van der Waals surface area contributed by atoms with Crippen LogP contribution in [0.4, 0.5) is 4.39 Å². The highest BCUT2D eigenvalue weighted by molar-refractivity contribution is 6.36. The largest absolute Gasteiger partial charge is 0.278 e. The van der Waals surface area contributed by atoms with Gasteiger partial charge in [0.15, 0.2) is 0 Å². The third-order valence-corrected chi connectivity index (χ3v) is 6.12. The van der Waals surface area contributed by atoms with E-state index in [0.717, 1.165) is 25.2 Å². The van der Waals surface area contributed by atoms with Gasteiger partial charge in [0.25, 0.3) is 0 Å². The van der Waals surface area contributed by atoms with Gasteiger partial charge >= 0.3 is 0 Å². The van der Waals surface area contributed by atoms with Crippen LogP contribution < -0.4 is 0 Å². The van der Waals surface area contributed by atoms with Crippen molar-refractivity contribution in [2.75, 3.05) is 13.1 Å². The lowest BCUT2D eigenvalue weighted by Crippen LogP contribution is -2.31. The van der Waals surface area contributed by atoms with E-state index in [-0.39, 0.29) is 12.0 Å². The Morgan fingerprint density at radius 1 is 0.828 bits per heavy atom. The molecule has 1 atom stereocenters. The minimum absolute atomic E-state index is 0.114. The third kappa shape index (κ3) is 4.49. The van der Waals surface area contributed by atoms with Gasteiger partial charge in [-0.25, -0.2) is 4.39 Å². The van der Waals surface area contributed by atoms with Crippen LogP contribution in [-0.4, -0.2) is 22.9 Å². The molecule has 1 saturated heterocycles. The zero-order valence-electron chi connectivity index (χ0n) is 16.3. The van der Waals surface area contributed by atoms with Gasteiger partial charge in [0.1, 0.15) is 5.82 Å². The predicted molar refractivity (Wildman–Crippen MR) is 118 cm³/mol. The summed E-state index contributed by atoms with van der Waals surface area (Å²) in [6.45, 7) is 5.03. The first-order valence-electron chi connectivity index (χ1n) is 9.74. The van der Waals surface area contributed by atoms with Crippen molar-refractivity contribution >= 4 is 23.2 Å². The summed E-state index contributed by atoms with van der Waals surface area (Å²) in [6.07, 6.45) is -0.114. The Morgan fingerprint density at radius 2 is 1.45 bits per heavy atom. The summed E-state index contributed by atoms with van der Waals surface area (Å²) in [5, 5.41) is 1.27. The maximum atomic E-state index is 14.3. The second-order valence-electron chi connectivity index (χ2n) is 7.53. The zero-order valence-corrected chi connectivity index (χ0v) is 17.8. The van der Waals surface area contributed by atoms with Crippen LogP contribution in [0.2, 0.25) is 10.0 Å². The van der Waals surface area contributed by atoms with Crippen LogP contribution in [-0.2, 0) is 13.1 Å². The average molecular weight is 429 g/mol. The highest BCUT2D eigenvalue weighted by Gasteiger charge is 2.36. The summed E-state index contributed by atoms with van der Waals surface area (Å²) in [5.41, 5.74) is 4.04. The molecule has 0 aromatic heterocycles. The van der Waals surface area contributed by atoms with Gasteiger partial charge in [0, 0.05) is 47.4 Å². The summed E-state index contributed by atoms with van der Waals surface area (Å²) in [7, 11) is 0. The Labute approximate surface area is 181 Å². The molecule has 1 aliphatic rings. The fourth-order valence-corrected chi connectivity index (χ4v) is 4.55. The maximum Gasteiger partial charge on any atom is 0.127 e. The Morgan fingerprint density at radius 3 is 2.10 bits per heavy atom. The van der Waals surface area contributed by atoms with Crippen molar-refractivity contribution in [2.45, 2.75) is 26.2 Å². The van der Waals surface area contributed by atoms with Gasteiger partial charge in [-0.3, -0.25) is 9.80 Å². The lowest BCUT2D eigenvalue weighted by atomic mass is 10.1. The van der Waals surface area contributed by atoms with E-state index in [0.29, 0.717) is 22.2 Å². The molecule has 0 radical (unpaired) electrons. The van der Waals surface area contributed by atoms with Gasteiger partial charge in [-0.05, 0) is 30.7 Å². The van der Waals surface area contributed by atoms with Crippen LogP contribution in [0.5, 0.6) is 0 Å². The third-order valence-electron chi connectivity index (χ3n) is 5.46. The lowest BCUT2D eigenvalue weighted by Gasteiger charge is -2.32. The molecule has 5 heteroatoms. The van der Waals surface area contributed by atoms with Gasteiger partial charge in [-0.15, -0.1) is 0 Å². The first kappa shape index (κ1) is 20.4. The molecule has 0 amide bonds. The van der Waals surface area contributed by atoms with Crippen molar-refractivity contribution in [1.29, 1.82) is 0 Å². The standard InChI is InChI=1S/C24H23Cl2FN2/c1-17-9-11-18(12-10-17)15-28-13-14-29(16-19-5-2-3-8-22(19)27)24(28)23-20(25)6-4-7-21(23)26/h2-12,24H,13-16H2,1H3. The average Bonchev–Trinajstić information content (AvgIpc) is 3.07. The molecule has 1 heterocycles. The molecule has 1 aliphatic heterocycles. The van der Waals surface area contributed by atoms with Gasteiger partial charge in [0.2, 0.25) is 0 Å². The van der Waals surface area contributed by atoms with Gasteiger partial charge < -0.3 is 0 Å². The van der Waals surface area contributed by atoms with E-state index in [1.54, 1.807) is 6.07 Å². The van der Waals surface area contributed by atoms with E-state index >= 15 is 0 Å². The molecule has 0 spiro atoms. The van der Waals surface area contributed by atoms with Crippen molar-refractivity contribution in [1.82, 2.24) is 9.80 Å². The van der Waals surface area contributed by atoms with Crippen LogP contribution in [0.1, 0.15) is 28.4 Å². The number of aryl methyl sites for hydroxylation is 1. The monoisotopic (exact) mass is 428 g/mol. The molecule has 3 aromatic carbocycles. The second-order valence-corrected chi connectivity index (χ2v) is 8.34. The number of hydrogen-bond donors (Lipinski definition) is 0. The van der Waals surface area contributed by atoms with Crippen LogP contribution in [0.15, 0.2) is 66.7 Å². The lowest BCUT2D eigenvalue weighted by molar-refractivity contribution is 0.125. The van der Waals surface area contributed by atoms with Gasteiger partial charge in [-0.2, -0.15) is 0 Å². The van der Waals surface area contributed by atoms with E-state index in [4.69, 9.17) is 23.2 Å². The molecule has 0 saturated carbocycles. The van der Waals surface area contributed by atoms with Crippen molar-refractivity contribution in [2.24, 2.45) is 0 Å². The molecule has 0 N–H and O–H groups in total. The first-order valence-corrected chi connectivity index (χ1v) is 10.5. The second kappa shape index (κ2) is 8.85. The van der Waals surface area contributed by atoms with Gasteiger partial charge in [-0.1, -0.05) is 77.3 Å². The van der Waals surface area contributed by atoms with Crippen LogP contribution >= 0.6 is 23.2 Å². The highest BCUT2D eigenvalue weighted by Crippen LogP contribution is 2.40. The fraction of sp³-hybridized carbons (Fsp3) is 0.250. The van der Waals surface area contributed by atoms with E-state index in [1.807, 2.05) is 30.3 Å². The number of halogens is 3. The number of hydrogen-bond acceptors (Lipinski definition) is 2. The Bertz CT molecular complexity index is 970. The molecule has 4 rings (SSSR count). The molecular weight excluding hydrogens is 406 g/mol. The minimum Gasteiger partial charge on any atom is -0.278 e. The quantitative estimate of drug-likeness (QED) is 0.460. The Balaban J connectivity index is 1.68. The summed E-state index contributed by atoms with van der Waals surface area (Å²) in [4.78, 5) is 4.61. The molecule has 29 heavy (non-hydrogen) atoms. The first-order chi connectivity index (χ1) is 14.0. The number of nitrogens with zero attached hydrogens (tertiary/aromatic N) is 2. The van der Waals surface area contributed by atoms with Crippen LogP contribution in [0.3, 0.4) is 0 Å². The fourth-order valence-electron chi connectivity index (χ4n) is 3.96. The molecule has 2 nitrogen and oxygen atoms in total. The van der Waals surface area contributed by atoms with Crippen molar-refractivity contribution in [3.63, 3.8) is 0 Å². The van der Waals surface area contributed by atoms with Gasteiger partial charge in [0.05, 0.1) is 6.17 Å². The summed E-state index contributed by atoms with van der Waals surface area (Å²) in [5.74, 6) is -0.187. The summed E-state index contributed by atoms with van der Waals surface area (Å²) in [6, 6.07) is 21.1. The molecule has 150 valence electrons. The Hall–Kier alpha value is -1.91. The van der Waals surface area contributed by atoms with E-state index in [2.05, 4.69) is 41.0 Å². The maximum absolute atomic E-state index is 14.3. The molecule has 0 bridgehead atoms. The number of benzene rings is 3. The normalized spacial score (nSPS) is 17.7. The Kier molecular flexibility index (Phi) is 6.21. The number of rotatable bonds is 5. The SMILES string of the molecule is Cc1ccc(CN2CCN(Cc3ccccc3F)C2c2c(Cl)cccc2Cl)cc1. The smallest absolute Gasteiger partial charge is 0.127 e. The van der Waals surface area contributed by atoms with E-state index < -0.39 is 0 Å². The molecular formula is C24H23Cl2FN2. The molecule has 3 aromatic rings. The summed E-state index contributed by atoms with van der Waals surface area (Å²) < 4.78 is 14.3. The van der Waals surface area contributed by atoms with Crippen molar-refractivity contribution in [3.8, 4) is 0 Å². The molecule has 1 fully saturated rings. The highest BCUT2D eigenvalue weighted by atomic mass is 35.5. The predicted octanol–water partition coefficient (Wildman–Crippen LogP) is 6.46. The van der Waals surface area contributed by atoms with E-state index in [9.17, 15) is 4.39 Å². The zero-order chi connectivity index (χ0) is 20.4.